The maximum absolute atomic E-state index is 11.5. The molecule has 1 saturated heterocycles. The van der Waals surface area contributed by atoms with Crippen molar-refractivity contribution in [3.05, 3.63) is 25.3 Å². The van der Waals surface area contributed by atoms with E-state index >= 15 is 0 Å². The smallest absolute Gasteiger partial charge is 0.314 e. The van der Waals surface area contributed by atoms with Crippen LogP contribution in [0.5, 0.6) is 0 Å². The molecular formula is C10H15NO2. The van der Waals surface area contributed by atoms with Gasteiger partial charge in [0.2, 0.25) is 0 Å². The third-order valence-corrected chi connectivity index (χ3v) is 2.53. The molecule has 0 aliphatic carbocycles. The van der Waals surface area contributed by atoms with Gasteiger partial charge < -0.3 is 10.5 Å². The number of rotatable bonds is 4. The van der Waals surface area contributed by atoms with Crippen LogP contribution in [0.25, 0.3) is 0 Å². The molecule has 1 unspecified atom stereocenters. The molecule has 1 atom stereocenters. The SMILES string of the molecule is C=CCC1(CC=C)C(=O)OCC1N. The van der Waals surface area contributed by atoms with E-state index in [-0.39, 0.29) is 12.0 Å². The summed E-state index contributed by atoms with van der Waals surface area (Å²) in [6, 6.07) is -0.240. The van der Waals surface area contributed by atoms with E-state index < -0.39 is 5.41 Å². The number of hydrogen-bond acceptors (Lipinski definition) is 3. The normalized spacial score (nSPS) is 25.3. The van der Waals surface area contributed by atoms with Gasteiger partial charge in [-0.1, -0.05) is 12.2 Å². The molecule has 13 heavy (non-hydrogen) atoms. The first-order valence-electron chi connectivity index (χ1n) is 4.32. The zero-order valence-corrected chi connectivity index (χ0v) is 7.66. The lowest BCUT2D eigenvalue weighted by atomic mass is 9.77. The molecule has 3 nitrogen and oxygen atoms in total. The van der Waals surface area contributed by atoms with Crippen molar-refractivity contribution in [3.8, 4) is 0 Å². The summed E-state index contributed by atoms with van der Waals surface area (Å²) in [5.74, 6) is -0.222. The minimum Gasteiger partial charge on any atom is -0.464 e. The van der Waals surface area contributed by atoms with Crippen molar-refractivity contribution in [1.82, 2.24) is 0 Å². The van der Waals surface area contributed by atoms with Crippen LogP contribution in [0.2, 0.25) is 0 Å². The van der Waals surface area contributed by atoms with E-state index in [9.17, 15) is 4.79 Å². The number of hydrogen-bond donors (Lipinski definition) is 1. The number of nitrogens with two attached hydrogens (primary N) is 1. The van der Waals surface area contributed by atoms with Crippen LogP contribution in [-0.2, 0) is 9.53 Å². The van der Waals surface area contributed by atoms with Crippen LogP contribution in [0.3, 0.4) is 0 Å². The van der Waals surface area contributed by atoms with Crippen molar-refractivity contribution in [1.29, 1.82) is 0 Å². The summed E-state index contributed by atoms with van der Waals surface area (Å²) in [4.78, 5) is 11.5. The highest BCUT2D eigenvalue weighted by molar-refractivity contribution is 5.80. The zero-order valence-electron chi connectivity index (χ0n) is 7.66. The lowest BCUT2D eigenvalue weighted by Crippen LogP contribution is -2.42. The molecule has 0 saturated carbocycles. The fraction of sp³-hybridized carbons (Fsp3) is 0.500. The van der Waals surface area contributed by atoms with Gasteiger partial charge in [-0.3, -0.25) is 4.79 Å². The highest BCUT2D eigenvalue weighted by Gasteiger charge is 2.48. The molecule has 1 heterocycles. The van der Waals surface area contributed by atoms with E-state index in [2.05, 4.69) is 13.2 Å². The predicted octanol–water partition coefficient (Wildman–Crippen LogP) is 1.01. The van der Waals surface area contributed by atoms with Gasteiger partial charge in [-0.05, 0) is 12.8 Å². The van der Waals surface area contributed by atoms with E-state index in [0.29, 0.717) is 19.4 Å². The molecule has 0 amide bonds. The van der Waals surface area contributed by atoms with Gasteiger partial charge in [0, 0.05) is 0 Å². The highest BCUT2D eigenvalue weighted by Crippen LogP contribution is 2.37. The van der Waals surface area contributed by atoms with Crippen molar-refractivity contribution in [2.45, 2.75) is 18.9 Å². The molecule has 2 N–H and O–H groups in total. The molecule has 0 aromatic carbocycles. The number of esters is 1. The summed E-state index contributed by atoms with van der Waals surface area (Å²) in [5, 5.41) is 0. The van der Waals surface area contributed by atoms with Crippen LogP contribution in [0, 0.1) is 5.41 Å². The molecule has 72 valence electrons. The lowest BCUT2D eigenvalue weighted by molar-refractivity contribution is -0.146. The molecule has 3 heteroatoms. The van der Waals surface area contributed by atoms with Crippen molar-refractivity contribution in [3.63, 3.8) is 0 Å². The van der Waals surface area contributed by atoms with Gasteiger partial charge in [0.15, 0.2) is 0 Å². The quantitative estimate of drug-likeness (QED) is 0.520. The average molecular weight is 181 g/mol. The average Bonchev–Trinajstić information content (AvgIpc) is 2.35. The van der Waals surface area contributed by atoms with Gasteiger partial charge in [0.1, 0.15) is 6.61 Å². The third-order valence-electron chi connectivity index (χ3n) is 2.53. The number of ether oxygens (including phenoxy) is 1. The molecule has 0 bridgehead atoms. The Morgan fingerprint density at radius 2 is 2.08 bits per heavy atom. The first-order valence-corrected chi connectivity index (χ1v) is 4.32. The first kappa shape index (κ1) is 9.99. The Morgan fingerprint density at radius 3 is 2.38 bits per heavy atom. The Labute approximate surface area is 78.3 Å². The molecule has 0 aromatic rings. The molecule has 1 rings (SSSR count). The van der Waals surface area contributed by atoms with E-state index in [1.807, 2.05) is 0 Å². The third kappa shape index (κ3) is 1.52. The van der Waals surface area contributed by atoms with Gasteiger partial charge in [-0.25, -0.2) is 0 Å². The van der Waals surface area contributed by atoms with Crippen molar-refractivity contribution < 1.29 is 9.53 Å². The maximum atomic E-state index is 11.5. The predicted molar refractivity (Wildman–Crippen MR) is 51.0 cm³/mol. The van der Waals surface area contributed by atoms with Crippen LogP contribution in [0.1, 0.15) is 12.8 Å². The second kappa shape index (κ2) is 3.75. The highest BCUT2D eigenvalue weighted by atomic mass is 16.5. The number of cyclic esters (lactones) is 1. The maximum Gasteiger partial charge on any atom is 0.314 e. The van der Waals surface area contributed by atoms with Crippen molar-refractivity contribution in [2.75, 3.05) is 6.61 Å². The van der Waals surface area contributed by atoms with Crippen LogP contribution >= 0.6 is 0 Å². The summed E-state index contributed by atoms with van der Waals surface area (Å²) in [7, 11) is 0. The lowest BCUT2D eigenvalue weighted by Gasteiger charge is -2.25. The molecule has 0 aromatic heterocycles. The largest absolute Gasteiger partial charge is 0.464 e. The van der Waals surface area contributed by atoms with Gasteiger partial charge >= 0.3 is 5.97 Å². The summed E-state index contributed by atoms with van der Waals surface area (Å²) >= 11 is 0. The fourth-order valence-corrected chi connectivity index (χ4v) is 1.69. The zero-order chi connectivity index (χ0) is 9.90. The van der Waals surface area contributed by atoms with E-state index in [0.717, 1.165) is 0 Å². The Balaban J connectivity index is 2.91. The fourth-order valence-electron chi connectivity index (χ4n) is 1.69. The molecule has 1 aliphatic heterocycles. The van der Waals surface area contributed by atoms with Crippen LogP contribution in [-0.4, -0.2) is 18.6 Å². The second-order valence-corrected chi connectivity index (χ2v) is 3.35. The monoisotopic (exact) mass is 181 g/mol. The molecular weight excluding hydrogens is 166 g/mol. The molecule has 0 spiro atoms. The Hall–Kier alpha value is -1.09. The molecule has 1 fully saturated rings. The summed E-state index contributed by atoms with van der Waals surface area (Å²) in [6.07, 6.45) is 4.52. The number of allylic oxidation sites excluding steroid dienone is 2. The van der Waals surface area contributed by atoms with Gasteiger partial charge in [-0.2, -0.15) is 0 Å². The van der Waals surface area contributed by atoms with Crippen LogP contribution < -0.4 is 5.73 Å². The van der Waals surface area contributed by atoms with E-state index in [4.69, 9.17) is 10.5 Å². The van der Waals surface area contributed by atoms with Crippen molar-refractivity contribution in [2.24, 2.45) is 11.1 Å². The molecule has 1 aliphatic rings. The minimum absolute atomic E-state index is 0.222. The Morgan fingerprint density at radius 1 is 1.54 bits per heavy atom. The van der Waals surface area contributed by atoms with Gasteiger partial charge in [0.05, 0.1) is 11.5 Å². The minimum atomic E-state index is -0.608. The number of carbonyl (C=O) groups excluding carboxylic acids is 1. The van der Waals surface area contributed by atoms with Gasteiger partial charge in [-0.15, -0.1) is 13.2 Å². The van der Waals surface area contributed by atoms with Crippen LogP contribution in [0.15, 0.2) is 25.3 Å². The van der Waals surface area contributed by atoms with Gasteiger partial charge in [0.25, 0.3) is 0 Å². The standard InChI is InChI=1S/C10H15NO2/c1-3-5-10(6-4-2)8(11)7-13-9(10)12/h3-4,8H,1-2,5-7,11H2. The first-order chi connectivity index (χ1) is 6.17. The van der Waals surface area contributed by atoms with E-state index in [1.165, 1.54) is 0 Å². The topological polar surface area (TPSA) is 52.3 Å². The summed E-state index contributed by atoms with van der Waals surface area (Å²) in [6.45, 7) is 7.55. The van der Waals surface area contributed by atoms with Crippen LogP contribution in [0.4, 0.5) is 0 Å². The van der Waals surface area contributed by atoms with E-state index in [1.54, 1.807) is 12.2 Å². The summed E-state index contributed by atoms with van der Waals surface area (Å²) < 4.78 is 4.93. The summed E-state index contributed by atoms with van der Waals surface area (Å²) in [5.41, 5.74) is 5.23. The number of carbonyl (C=O) groups is 1. The Kier molecular flexibility index (Phi) is 2.88. The molecule has 0 radical (unpaired) electrons. The van der Waals surface area contributed by atoms with Crippen molar-refractivity contribution >= 4 is 5.97 Å². The Bertz CT molecular complexity index is 225. The second-order valence-electron chi connectivity index (χ2n) is 3.35.